The number of anilines is 3. The van der Waals surface area contributed by atoms with E-state index in [1.165, 1.54) is 245 Å². The van der Waals surface area contributed by atoms with Gasteiger partial charge in [-0.25, -0.2) is 0 Å². The minimum absolute atomic E-state index is 0.491. The molecule has 82 heavy (non-hydrogen) atoms. The minimum Gasteiger partial charge on any atom is -0.310 e. The van der Waals surface area contributed by atoms with Crippen LogP contribution < -0.4 is 4.90 Å². The van der Waals surface area contributed by atoms with E-state index in [4.69, 9.17) is 0 Å². The van der Waals surface area contributed by atoms with E-state index in [0.29, 0.717) is 35.5 Å². The van der Waals surface area contributed by atoms with Crippen LogP contribution in [0.2, 0.25) is 0 Å². The molecule has 430 valence electrons. The van der Waals surface area contributed by atoms with Crippen molar-refractivity contribution in [2.75, 3.05) is 4.90 Å². The summed E-state index contributed by atoms with van der Waals surface area (Å²) in [6.07, 6.45) is 33.8. The molecular formula is C81H101N. The van der Waals surface area contributed by atoms with Crippen molar-refractivity contribution in [1.29, 1.82) is 0 Å². The number of benzene rings is 7. The van der Waals surface area contributed by atoms with Crippen molar-refractivity contribution in [3.8, 4) is 22.3 Å². The molecule has 1 nitrogen and oxygen atoms in total. The number of rotatable bonds is 23. The van der Waals surface area contributed by atoms with Crippen molar-refractivity contribution >= 4 is 17.1 Å². The number of hydrogen-bond acceptors (Lipinski definition) is 1. The highest BCUT2D eigenvalue weighted by atomic mass is 15.1. The topological polar surface area (TPSA) is 3.24 Å². The first-order valence-electron chi connectivity index (χ1n) is 34.1. The molecule has 0 N–H and O–H groups in total. The Kier molecular flexibility index (Phi) is 19.4. The van der Waals surface area contributed by atoms with Crippen LogP contribution in [-0.4, -0.2) is 0 Å². The molecule has 4 aliphatic carbocycles. The second kappa shape index (κ2) is 27.4. The van der Waals surface area contributed by atoms with Gasteiger partial charge in [-0.1, -0.05) is 247 Å². The molecule has 7 aromatic rings. The van der Waals surface area contributed by atoms with Crippen LogP contribution in [0.1, 0.15) is 300 Å². The van der Waals surface area contributed by atoms with Crippen molar-refractivity contribution < 1.29 is 0 Å². The van der Waals surface area contributed by atoms with Crippen LogP contribution in [0.15, 0.2) is 152 Å². The summed E-state index contributed by atoms with van der Waals surface area (Å²) in [7, 11) is 0. The van der Waals surface area contributed by atoms with Gasteiger partial charge < -0.3 is 4.90 Å². The van der Waals surface area contributed by atoms with Crippen LogP contribution in [0, 0.1) is 0 Å². The lowest BCUT2D eigenvalue weighted by molar-refractivity contribution is 0.443. The second-order valence-corrected chi connectivity index (χ2v) is 26.2. The number of fused-ring (bicyclic) bond motifs is 3. The predicted octanol–water partition coefficient (Wildman–Crippen LogP) is 25.0. The molecule has 0 aromatic heterocycles. The fraction of sp³-hybridized carbons (Fsp3) is 0.481. The molecule has 3 unspecified atom stereocenters. The maximum Gasteiger partial charge on any atom is 0.0714 e. The first kappa shape index (κ1) is 58.1. The molecule has 1 heteroatoms. The van der Waals surface area contributed by atoms with Crippen molar-refractivity contribution in [2.24, 2.45) is 0 Å². The zero-order valence-electron chi connectivity index (χ0n) is 51.7. The highest BCUT2D eigenvalue weighted by Crippen LogP contribution is 2.58. The lowest BCUT2D eigenvalue weighted by Gasteiger charge is -2.35. The van der Waals surface area contributed by atoms with Crippen molar-refractivity contribution in [2.45, 2.75) is 249 Å². The van der Waals surface area contributed by atoms with Crippen LogP contribution in [0.25, 0.3) is 22.3 Å². The van der Waals surface area contributed by atoms with Crippen molar-refractivity contribution in [3.05, 3.63) is 207 Å². The van der Waals surface area contributed by atoms with Crippen LogP contribution in [0.5, 0.6) is 0 Å². The molecule has 0 radical (unpaired) electrons. The third-order valence-corrected chi connectivity index (χ3v) is 21.3. The molecule has 11 rings (SSSR count). The Morgan fingerprint density at radius 2 is 0.805 bits per heavy atom. The van der Waals surface area contributed by atoms with Crippen LogP contribution >= 0.6 is 0 Å². The van der Waals surface area contributed by atoms with Gasteiger partial charge in [-0.3, -0.25) is 0 Å². The van der Waals surface area contributed by atoms with Gasteiger partial charge in [-0.15, -0.1) is 0 Å². The van der Waals surface area contributed by atoms with E-state index in [1.807, 2.05) is 0 Å². The molecule has 3 fully saturated rings. The van der Waals surface area contributed by atoms with E-state index in [2.05, 4.69) is 198 Å². The summed E-state index contributed by atoms with van der Waals surface area (Å²) in [5, 5.41) is 0. The summed E-state index contributed by atoms with van der Waals surface area (Å²) in [6, 6.07) is 62.2. The maximum atomic E-state index is 2.69. The van der Waals surface area contributed by atoms with Gasteiger partial charge in [0, 0.05) is 17.1 Å². The van der Waals surface area contributed by atoms with Gasteiger partial charge in [0.25, 0.3) is 0 Å². The summed E-state index contributed by atoms with van der Waals surface area (Å²) in [5.74, 6) is 3.75. The molecule has 4 aliphatic rings. The first-order valence-corrected chi connectivity index (χ1v) is 34.1. The fourth-order valence-corrected chi connectivity index (χ4v) is 16.6. The van der Waals surface area contributed by atoms with E-state index in [9.17, 15) is 0 Å². The van der Waals surface area contributed by atoms with Gasteiger partial charge in [0.1, 0.15) is 0 Å². The lowest BCUT2D eigenvalue weighted by atomic mass is 9.67. The average Bonchev–Trinajstić information content (AvgIpc) is 2.78. The fourth-order valence-electron chi connectivity index (χ4n) is 16.6. The lowest BCUT2D eigenvalue weighted by Crippen LogP contribution is -2.29. The SMILES string of the molecule is CCCCC(CC)c1cc(-c2ccc(N(c3ccc(C4CCCCC4)cc3)c3ccc4c(c3)C(c3ccc(C5CCCCC5)cc3)(c3ccc(C5CCCCC5)cc3)c3ccccc3-4)cc2)cc(C(CC)CCCC)c1C(CC)CCC. The van der Waals surface area contributed by atoms with E-state index >= 15 is 0 Å². The summed E-state index contributed by atoms with van der Waals surface area (Å²) >= 11 is 0. The molecule has 7 aromatic carbocycles. The maximum absolute atomic E-state index is 2.69. The Bertz CT molecular complexity index is 3020. The van der Waals surface area contributed by atoms with Crippen LogP contribution in [0.3, 0.4) is 0 Å². The minimum atomic E-state index is -0.491. The van der Waals surface area contributed by atoms with Gasteiger partial charge in [0.2, 0.25) is 0 Å². The van der Waals surface area contributed by atoms with Gasteiger partial charge in [-0.2, -0.15) is 0 Å². The molecule has 0 bridgehead atoms. The smallest absolute Gasteiger partial charge is 0.0714 e. The molecule has 3 atom stereocenters. The predicted molar refractivity (Wildman–Crippen MR) is 354 cm³/mol. The van der Waals surface area contributed by atoms with Crippen LogP contribution in [0.4, 0.5) is 17.1 Å². The number of nitrogens with zero attached hydrogens (tertiary/aromatic N) is 1. The highest BCUT2D eigenvalue weighted by Gasteiger charge is 2.47. The Morgan fingerprint density at radius 1 is 0.378 bits per heavy atom. The molecule has 0 spiro atoms. The largest absolute Gasteiger partial charge is 0.310 e. The molecule has 0 saturated heterocycles. The number of hydrogen-bond donors (Lipinski definition) is 0. The van der Waals surface area contributed by atoms with Gasteiger partial charge in [0.05, 0.1) is 5.41 Å². The second-order valence-electron chi connectivity index (χ2n) is 26.2. The third-order valence-electron chi connectivity index (χ3n) is 21.3. The molecule has 0 amide bonds. The molecule has 0 heterocycles. The van der Waals surface area contributed by atoms with E-state index in [-0.39, 0.29) is 0 Å². The zero-order valence-corrected chi connectivity index (χ0v) is 51.7. The van der Waals surface area contributed by atoms with Crippen molar-refractivity contribution in [3.63, 3.8) is 0 Å². The Labute approximate surface area is 498 Å². The van der Waals surface area contributed by atoms with Gasteiger partial charge >= 0.3 is 0 Å². The Hall–Kier alpha value is -5.66. The molecule has 0 aliphatic heterocycles. The van der Waals surface area contributed by atoms with Crippen LogP contribution in [-0.2, 0) is 5.41 Å². The monoisotopic (exact) mass is 1090 g/mol. The van der Waals surface area contributed by atoms with E-state index in [0.717, 1.165) is 0 Å². The summed E-state index contributed by atoms with van der Waals surface area (Å²) in [5.41, 5.74) is 23.7. The summed E-state index contributed by atoms with van der Waals surface area (Å²) in [6.45, 7) is 14.5. The van der Waals surface area contributed by atoms with E-state index < -0.39 is 5.41 Å². The van der Waals surface area contributed by atoms with Crippen molar-refractivity contribution in [1.82, 2.24) is 0 Å². The standard InChI is InChI=1S/C81H101N/c1-7-13-27-58(10-4)76-55-68(56-77(59(11-5)28-14-8-2)80(76)60(12-6)26-9-3)67-43-51-72(52-44-67)82(71-49-41-66(42-50-71)63-33-22-17-23-34-63)73-53-54-75-74-35-24-25-36-78(74)81(79(75)57-73,69-45-37-64(38-46-69)61-29-18-15-19-30-61)70-47-39-65(40-48-70)62-31-20-16-21-32-62/h24-25,35-63H,7-23,26-34H2,1-6H3. The van der Waals surface area contributed by atoms with Gasteiger partial charge in [0.15, 0.2) is 0 Å². The Balaban J connectivity index is 1.07. The molecular weight excluding hydrogens is 987 g/mol. The van der Waals surface area contributed by atoms with Gasteiger partial charge in [-0.05, 0) is 227 Å². The normalized spacial score (nSPS) is 17.7. The summed E-state index contributed by atoms with van der Waals surface area (Å²) in [4.78, 5) is 2.59. The first-order chi connectivity index (χ1) is 40.4. The highest BCUT2D eigenvalue weighted by molar-refractivity contribution is 5.90. The molecule has 3 saturated carbocycles. The van der Waals surface area contributed by atoms with E-state index in [1.54, 1.807) is 16.7 Å². The third kappa shape index (κ3) is 11.9. The quantitative estimate of drug-likeness (QED) is 0.0617. The Morgan fingerprint density at radius 3 is 1.26 bits per heavy atom. The average molecular weight is 1090 g/mol. The number of unbranched alkanes of at least 4 members (excludes halogenated alkanes) is 2. The zero-order chi connectivity index (χ0) is 56.4. The summed E-state index contributed by atoms with van der Waals surface area (Å²) < 4.78 is 0.